The molecule has 0 saturated heterocycles. The maximum Gasteiger partial charge on any atom is 0.201 e. The molecule has 0 spiro atoms. The second-order valence-electron chi connectivity index (χ2n) is 3.05. The third kappa shape index (κ3) is 1.40. The molecule has 1 N–H and O–H groups in total. The molecule has 0 fully saturated rings. The van der Waals surface area contributed by atoms with Crippen molar-refractivity contribution in [1.82, 2.24) is 0 Å². The Morgan fingerprint density at radius 3 is 2.93 bits per heavy atom. The van der Waals surface area contributed by atoms with Crippen LogP contribution in [0.3, 0.4) is 0 Å². The van der Waals surface area contributed by atoms with Gasteiger partial charge in [-0.15, -0.1) is 0 Å². The number of hydrogen-bond donors (Lipinski definition) is 1. The van der Waals surface area contributed by atoms with E-state index < -0.39 is 17.7 Å². The molecule has 1 aliphatic heterocycles. The Morgan fingerprint density at radius 2 is 2.21 bits per heavy atom. The Kier molecular flexibility index (Phi) is 2.45. The molecular weight excluding hydrogens is 258 g/mol. The summed E-state index contributed by atoms with van der Waals surface area (Å²) < 4.78 is 31.4. The standard InChI is InChI=1S/C9H7BrF2O2/c10-4-3-5(11)8(12)9-7(4)6(13)1-2-14-9/h3,6,13H,1-2H2/t6-/m0/s1. The number of benzene rings is 1. The summed E-state index contributed by atoms with van der Waals surface area (Å²) in [4.78, 5) is 0. The monoisotopic (exact) mass is 264 g/mol. The van der Waals surface area contributed by atoms with Gasteiger partial charge in [-0.25, -0.2) is 4.39 Å². The number of rotatable bonds is 0. The smallest absolute Gasteiger partial charge is 0.201 e. The Labute approximate surface area is 87.6 Å². The van der Waals surface area contributed by atoms with Crippen molar-refractivity contribution in [3.05, 3.63) is 27.7 Å². The van der Waals surface area contributed by atoms with Crippen molar-refractivity contribution in [2.75, 3.05) is 6.61 Å². The fourth-order valence-electron chi connectivity index (χ4n) is 1.46. The first kappa shape index (κ1) is 9.86. The van der Waals surface area contributed by atoms with Crippen molar-refractivity contribution in [2.24, 2.45) is 0 Å². The molecule has 1 aromatic rings. The summed E-state index contributed by atoms with van der Waals surface area (Å²) in [5.41, 5.74) is 0.287. The Balaban J connectivity index is 2.66. The Bertz CT molecular complexity index is 382. The second-order valence-corrected chi connectivity index (χ2v) is 3.90. The van der Waals surface area contributed by atoms with Gasteiger partial charge in [-0.2, -0.15) is 4.39 Å². The first-order chi connectivity index (χ1) is 6.61. The molecule has 0 radical (unpaired) electrons. The minimum atomic E-state index is -1.04. The van der Waals surface area contributed by atoms with Crippen molar-refractivity contribution >= 4 is 15.9 Å². The fourth-order valence-corrected chi connectivity index (χ4v) is 2.10. The van der Waals surface area contributed by atoms with Crippen LogP contribution in [0.25, 0.3) is 0 Å². The van der Waals surface area contributed by atoms with Gasteiger partial charge in [0.05, 0.1) is 12.7 Å². The van der Waals surface area contributed by atoms with Gasteiger partial charge in [0, 0.05) is 16.5 Å². The van der Waals surface area contributed by atoms with Crippen molar-refractivity contribution in [1.29, 1.82) is 0 Å². The maximum atomic E-state index is 13.2. The molecule has 76 valence electrons. The summed E-state index contributed by atoms with van der Waals surface area (Å²) >= 11 is 3.06. The van der Waals surface area contributed by atoms with Crippen LogP contribution in [0.15, 0.2) is 10.5 Å². The average Bonchev–Trinajstić information content (AvgIpc) is 2.14. The lowest BCUT2D eigenvalue weighted by Crippen LogP contribution is -2.16. The average molecular weight is 265 g/mol. The van der Waals surface area contributed by atoms with Crippen LogP contribution in [0.1, 0.15) is 18.1 Å². The van der Waals surface area contributed by atoms with Gasteiger partial charge >= 0.3 is 0 Å². The molecule has 1 aliphatic rings. The van der Waals surface area contributed by atoms with Crippen LogP contribution < -0.4 is 4.74 Å². The van der Waals surface area contributed by atoms with Gasteiger partial charge in [0.25, 0.3) is 0 Å². The van der Waals surface area contributed by atoms with Crippen molar-refractivity contribution in [3.8, 4) is 5.75 Å². The quantitative estimate of drug-likeness (QED) is 0.730. The highest BCUT2D eigenvalue weighted by molar-refractivity contribution is 9.10. The van der Waals surface area contributed by atoms with Gasteiger partial charge in [-0.05, 0) is 6.07 Å². The van der Waals surface area contributed by atoms with Gasteiger partial charge in [-0.1, -0.05) is 15.9 Å². The van der Waals surface area contributed by atoms with Crippen LogP contribution in [-0.4, -0.2) is 11.7 Å². The maximum absolute atomic E-state index is 13.2. The van der Waals surface area contributed by atoms with Gasteiger partial charge < -0.3 is 9.84 Å². The zero-order chi connectivity index (χ0) is 10.3. The van der Waals surface area contributed by atoms with Crippen LogP contribution in [0, 0.1) is 11.6 Å². The van der Waals surface area contributed by atoms with Gasteiger partial charge in [0.15, 0.2) is 11.6 Å². The van der Waals surface area contributed by atoms with E-state index in [1.54, 1.807) is 0 Å². The lowest BCUT2D eigenvalue weighted by atomic mass is 10.0. The van der Waals surface area contributed by atoms with E-state index in [0.29, 0.717) is 10.9 Å². The summed E-state index contributed by atoms with van der Waals surface area (Å²) in [6.45, 7) is 0.195. The third-order valence-electron chi connectivity index (χ3n) is 2.14. The number of fused-ring (bicyclic) bond motifs is 1. The summed E-state index contributed by atoms with van der Waals surface area (Å²) in [7, 11) is 0. The van der Waals surface area contributed by atoms with Gasteiger partial charge in [0.1, 0.15) is 0 Å². The van der Waals surface area contributed by atoms with Crippen LogP contribution in [0.5, 0.6) is 5.75 Å². The predicted molar refractivity (Wildman–Crippen MR) is 49.1 cm³/mol. The Hall–Kier alpha value is -0.680. The number of hydrogen-bond acceptors (Lipinski definition) is 2. The molecule has 0 unspecified atom stereocenters. The molecule has 1 aromatic carbocycles. The second kappa shape index (κ2) is 3.47. The molecule has 0 aromatic heterocycles. The fraction of sp³-hybridized carbons (Fsp3) is 0.333. The van der Waals surface area contributed by atoms with Crippen LogP contribution in [0.2, 0.25) is 0 Å². The van der Waals surface area contributed by atoms with E-state index in [0.717, 1.165) is 6.07 Å². The summed E-state index contributed by atoms with van der Waals surface area (Å²) in [6, 6.07) is 0.992. The van der Waals surface area contributed by atoms with Crippen molar-refractivity contribution in [2.45, 2.75) is 12.5 Å². The van der Waals surface area contributed by atoms with Crippen molar-refractivity contribution in [3.63, 3.8) is 0 Å². The highest BCUT2D eigenvalue weighted by atomic mass is 79.9. The van der Waals surface area contributed by atoms with Gasteiger partial charge in [-0.3, -0.25) is 0 Å². The molecule has 0 bridgehead atoms. The van der Waals surface area contributed by atoms with E-state index in [1.165, 1.54) is 0 Å². The lowest BCUT2D eigenvalue weighted by Gasteiger charge is -2.23. The summed E-state index contributed by atoms with van der Waals surface area (Å²) in [5, 5.41) is 9.56. The zero-order valence-corrected chi connectivity index (χ0v) is 8.64. The van der Waals surface area contributed by atoms with Crippen molar-refractivity contribution < 1.29 is 18.6 Å². The topological polar surface area (TPSA) is 29.5 Å². The minimum absolute atomic E-state index is 0.185. The van der Waals surface area contributed by atoms with E-state index in [2.05, 4.69) is 15.9 Å². The molecule has 0 saturated carbocycles. The van der Waals surface area contributed by atoms with E-state index in [1.807, 2.05) is 0 Å². The number of halogens is 3. The number of aliphatic hydroxyl groups is 1. The normalized spacial score (nSPS) is 20.1. The predicted octanol–water partition coefficient (Wildman–Crippen LogP) is 2.54. The number of aliphatic hydroxyl groups excluding tert-OH is 1. The highest BCUT2D eigenvalue weighted by Crippen LogP contribution is 2.40. The SMILES string of the molecule is O[C@H]1CCOc2c(F)c(F)cc(Br)c21. The minimum Gasteiger partial charge on any atom is -0.490 e. The van der Waals surface area contributed by atoms with Crippen LogP contribution in [0.4, 0.5) is 8.78 Å². The van der Waals surface area contributed by atoms with E-state index in [4.69, 9.17) is 4.74 Å². The number of ether oxygens (including phenoxy) is 1. The summed E-state index contributed by atoms with van der Waals surface area (Å²) in [5.74, 6) is -2.21. The third-order valence-corrected chi connectivity index (χ3v) is 2.79. The molecule has 0 aliphatic carbocycles. The van der Waals surface area contributed by atoms with E-state index in [9.17, 15) is 13.9 Å². The summed E-state index contributed by atoms with van der Waals surface area (Å²) in [6.07, 6.45) is -0.417. The Morgan fingerprint density at radius 1 is 1.50 bits per heavy atom. The molecule has 14 heavy (non-hydrogen) atoms. The molecule has 5 heteroatoms. The molecule has 0 amide bonds. The molecule has 1 atom stereocenters. The molecule has 1 heterocycles. The van der Waals surface area contributed by atoms with Crippen LogP contribution in [-0.2, 0) is 0 Å². The lowest BCUT2D eigenvalue weighted by molar-refractivity contribution is 0.110. The van der Waals surface area contributed by atoms with E-state index in [-0.39, 0.29) is 17.9 Å². The first-order valence-corrected chi connectivity index (χ1v) is 4.89. The molecule has 2 nitrogen and oxygen atoms in total. The molecule has 2 rings (SSSR count). The van der Waals surface area contributed by atoms with Crippen LogP contribution >= 0.6 is 15.9 Å². The largest absolute Gasteiger partial charge is 0.490 e. The zero-order valence-electron chi connectivity index (χ0n) is 7.06. The van der Waals surface area contributed by atoms with E-state index >= 15 is 0 Å². The molecular formula is C9H7BrF2O2. The highest BCUT2D eigenvalue weighted by Gasteiger charge is 2.27. The first-order valence-electron chi connectivity index (χ1n) is 4.09. The van der Waals surface area contributed by atoms with Gasteiger partial charge in [0.2, 0.25) is 5.82 Å².